The van der Waals surface area contributed by atoms with Gasteiger partial charge in [-0.2, -0.15) is 0 Å². The number of hydrogen-bond acceptors (Lipinski definition) is 2. The molecule has 1 aliphatic rings. The zero-order valence-corrected chi connectivity index (χ0v) is 10.7. The van der Waals surface area contributed by atoms with Crippen LogP contribution in [0.1, 0.15) is 17.3 Å². The number of benzene rings is 1. The van der Waals surface area contributed by atoms with Crippen molar-refractivity contribution in [3.05, 3.63) is 34.3 Å². The average molecular weight is 284 g/mol. The van der Waals surface area contributed by atoms with Crippen molar-refractivity contribution in [2.75, 3.05) is 19.8 Å². The summed E-state index contributed by atoms with van der Waals surface area (Å²) in [7, 11) is 0. The SMILES string of the molecule is CC1COCCN1C(=O)c1ccc(Br)cc1. The van der Waals surface area contributed by atoms with Gasteiger partial charge in [0.25, 0.3) is 5.91 Å². The van der Waals surface area contributed by atoms with Crippen LogP contribution in [0.25, 0.3) is 0 Å². The van der Waals surface area contributed by atoms with Crippen LogP contribution in [0.4, 0.5) is 0 Å². The molecule has 0 aromatic heterocycles. The van der Waals surface area contributed by atoms with Crippen molar-refractivity contribution in [3.63, 3.8) is 0 Å². The zero-order valence-electron chi connectivity index (χ0n) is 9.15. The molecule has 1 aromatic carbocycles. The molecule has 4 heteroatoms. The molecule has 1 heterocycles. The molecule has 1 unspecified atom stereocenters. The van der Waals surface area contributed by atoms with Crippen LogP contribution in [-0.4, -0.2) is 36.6 Å². The van der Waals surface area contributed by atoms with Crippen molar-refractivity contribution in [1.29, 1.82) is 0 Å². The molecule has 0 saturated carbocycles. The molecule has 0 bridgehead atoms. The van der Waals surface area contributed by atoms with Crippen molar-refractivity contribution >= 4 is 21.8 Å². The van der Waals surface area contributed by atoms with E-state index in [1.54, 1.807) is 0 Å². The third-order valence-corrected chi connectivity index (χ3v) is 3.25. The molecule has 1 saturated heterocycles. The molecular weight excluding hydrogens is 270 g/mol. The maximum atomic E-state index is 12.2. The van der Waals surface area contributed by atoms with Crippen molar-refractivity contribution < 1.29 is 9.53 Å². The Balaban J connectivity index is 2.14. The van der Waals surface area contributed by atoms with Crippen LogP contribution in [0, 0.1) is 0 Å². The van der Waals surface area contributed by atoms with Gasteiger partial charge in [-0.1, -0.05) is 15.9 Å². The van der Waals surface area contributed by atoms with E-state index in [-0.39, 0.29) is 11.9 Å². The Morgan fingerprint density at radius 1 is 1.44 bits per heavy atom. The number of rotatable bonds is 1. The second-order valence-electron chi connectivity index (χ2n) is 3.93. The quantitative estimate of drug-likeness (QED) is 0.792. The molecule has 3 nitrogen and oxygen atoms in total. The van der Waals surface area contributed by atoms with E-state index in [2.05, 4.69) is 15.9 Å². The maximum Gasteiger partial charge on any atom is 0.254 e. The lowest BCUT2D eigenvalue weighted by Crippen LogP contribution is -2.47. The number of ether oxygens (including phenoxy) is 1. The highest BCUT2D eigenvalue weighted by atomic mass is 79.9. The summed E-state index contributed by atoms with van der Waals surface area (Å²) in [6.07, 6.45) is 0. The molecule has 2 rings (SSSR count). The molecule has 86 valence electrons. The molecule has 1 amide bonds. The highest BCUT2D eigenvalue weighted by Gasteiger charge is 2.24. The summed E-state index contributed by atoms with van der Waals surface area (Å²) in [6.45, 7) is 3.95. The highest BCUT2D eigenvalue weighted by molar-refractivity contribution is 9.10. The first-order valence-electron chi connectivity index (χ1n) is 5.33. The number of carbonyl (C=O) groups is 1. The molecular formula is C12H14BrNO2. The molecule has 16 heavy (non-hydrogen) atoms. The van der Waals surface area contributed by atoms with Gasteiger partial charge in [-0.3, -0.25) is 4.79 Å². The second-order valence-corrected chi connectivity index (χ2v) is 4.85. The van der Waals surface area contributed by atoms with Gasteiger partial charge in [0, 0.05) is 16.6 Å². The van der Waals surface area contributed by atoms with Gasteiger partial charge in [-0.15, -0.1) is 0 Å². The molecule has 0 N–H and O–H groups in total. The normalized spacial score (nSPS) is 20.9. The number of halogens is 1. The Bertz CT molecular complexity index is 377. The number of nitrogens with zero attached hydrogens (tertiary/aromatic N) is 1. The number of amides is 1. The van der Waals surface area contributed by atoms with Crippen LogP contribution in [0.15, 0.2) is 28.7 Å². The van der Waals surface area contributed by atoms with Gasteiger partial charge in [0.1, 0.15) is 0 Å². The minimum Gasteiger partial charge on any atom is -0.377 e. The Hall–Kier alpha value is -0.870. The summed E-state index contributed by atoms with van der Waals surface area (Å²) >= 11 is 3.36. The molecule has 1 aliphatic heterocycles. The molecule has 1 atom stereocenters. The van der Waals surface area contributed by atoms with E-state index >= 15 is 0 Å². The Labute approximate surface area is 104 Å². The summed E-state index contributed by atoms with van der Waals surface area (Å²) in [6, 6.07) is 7.62. The van der Waals surface area contributed by atoms with Crippen LogP contribution >= 0.6 is 15.9 Å². The summed E-state index contributed by atoms with van der Waals surface area (Å²) in [4.78, 5) is 14.0. The monoisotopic (exact) mass is 283 g/mol. The topological polar surface area (TPSA) is 29.5 Å². The lowest BCUT2D eigenvalue weighted by atomic mass is 10.1. The summed E-state index contributed by atoms with van der Waals surface area (Å²) in [5, 5.41) is 0. The number of carbonyl (C=O) groups excluding carboxylic acids is 1. The van der Waals surface area contributed by atoms with E-state index < -0.39 is 0 Å². The van der Waals surface area contributed by atoms with Gasteiger partial charge in [0.05, 0.1) is 19.3 Å². The summed E-state index contributed by atoms with van der Waals surface area (Å²) in [5.41, 5.74) is 0.733. The van der Waals surface area contributed by atoms with Gasteiger partial charge >= 0.3 is 0 Å². The van der Waals surface area contributed by atoms with Crippen LogP contribution < -0.4 is 0 Å². The fourth-order valence-electron chi connectivity index (χ4n) is 1.79. The van der Waals surface area contributed by atoms with E-state index in [9.17, 15) is 4.79 Å². The Kier molecular flexibility index (Phi) is 3.61. The van der Waals surface area contributed by atoms with Gasteiger partial charge < -0.3 is 9.64 Å². The minimum absolute atomic E-state index is 0.0864. The Morgan fingerprint density at radius 3 is 2.75 bits per heavy atom. The number of hydrogen-bond donors (Lipinski definition) is 0. The van der Waals surface area contributed by atoms with Crippen molar-refractivity contribution in [3.8, 4) is 0 Å². The summed E-state index contributed by atoms with van der Waals surface area (Å²) < 4.78 is 6.30. The highest BCUT2D eigenvalue weighted by Crippen LogP contribution is 2.15. The predicted molar refractivity (Wildman–Crippen MR) is 65.5 cm³/mol. The van der Waals surface area contributed by atoms with Crippen LogP contribution in [0.3, 0.4) is 0 Å². The summed E-state index contributed by atoms with van der Waals surface area (Å²) in [5.74, 6) is 0.0864. The van der Waals surface area contributed by atoms with Crippen LogP contribution in [0.2, 0.25) is 0 Å². The van der Waals surface area contributed by atoms with Crippen LogP contribution in [0.5, 0.6) is 0 Å². The second kappa shape index (κ2) is 4.97. The van der Waals surface area contributed by atoms with E-state index in [4.69, 9.17) is 4.74 Å². The first-order chi connectivity index (χ1) is 7.68. The lowest BCUT2D eigenvalue weighted by molar-refractivity contribution is 0.00359. The smallest absolute Gasteiger partial charge is 0.254 e. The van der Waals surface area contributed by atoms with Crippen molar-refractivity contribution in [2.45, 2.75) is 13.0 Å². The van der Waals surface area contributed by atoms with E-state index in [0.29, 0.717) is 19.8 Å². The van der Waals surface area contributed by atoms with Gasteiger partial charge in [0.15, 0.2) is 0 Å². The molecule has 1 aromatic rings. The standard InChI is InChI=1S/C12H14BrNO2/c1-9-8-16-7-6-14(9)12(15)10-2-4-11(13)5-3-10/h2-5,9H,6-8H2,1H3. The maximum absolute atomic E-state index is 12.2. The third-order valence-electron chi connectivity index (χ3n) is 2.72. The van der Waals surface area contributed by atoms with E-state index in [1.807, 2.05) is 36.1 Å². The van der Waals surface area contributed by atoms with Crippen LogP contribution in [-0.2, 0) is 4.74 Å². The fraction of sp³-hybridized carbons (Fsp3) is 0.417. The predicted octanol–water partition coefficient (Wildman–Crippen LogP) is 2.31. The molecule has 0 radical (unpaired) electrons. The van der Waals surface area contributed by atoms with E-state index in [1.165, 1.54) is 0 Å². The molecule has 1 fully saturated rings. The van der Waals surface area contributed by atoms with Gasteiger partial charge in [-0.25, -0.2) is 0 Å². The third kappa shape index (κ3) is 2.44. The van der Waals surface area contributed by atoms with Gasteiger partial charge in [0.2, 0.25) is 0 Å². The van der Waals surface area contributed by atoms with Crippen molar-refractivity contribution in [2.24, 2.45) is 0 Å². The van der Waals surface area contributed by atoms with E-state index in [0.717, 1.165) is 10.0 Å². The number of morpholine rings is 1. The lowest BCUT2D eigenvalue weighted by Gasteiger charge is -2.33. The van der Waals surface area contributed by atoms with Gasteiger partial charge in [-0.05, 0) is 31.2 Å². The fourth-order valence-corrected chi connectivity index (χ4v) is 2.05. The largest absolute Gasteiger partial charge is 0.377 e. The minimum atomic E-state index is 0.0864. The molecule has 0 aliphatic carbocycles. The molecule has 0 spiro atoms. The first kappa shape index (κ1) is 11.6. The Morgan fingerprint density at radius 2 is 2.12 bits per heavy atom. The average Bonchev–Trinajstić information content (AvgIpc) is 2.30. The first-order valence-corrected chi connectivity index (χ1v) is 6.12. The zero-order chi connectivity index (χ0) is 11.5. The van der Waals surface area contributed by atoms with Crippen molar-refractivity contribution in [1.82, 2.24) is 4.90 Å².